The lowest BCUT2D eigenvalue weighted by atomic mass is 9.92. The van der Waals surface area contributed by atoms with E-state index in [1.807, 2.05) is 66.7 Å². The fraction of sp³-hybridized carbons (Fsp3) is 0. The molecule has 1 aliphatic rings. The Hall–Kier alpha value is -6.91. The van der Waals surface area contributed by atoms with Gasteiger partial charge in [0.2, 0.25) is 0 Å². The van der Waals surface area contributed by atoms with Crippen LogP contribution >= 0.6 is 0 Å². The summed E-state index contributed by atoms with van der Waals surface area (Å²) in [5.74, 6) is 3.78. The van der Waals surface area contributed by atoms with Gasteiger partial charge in [0.15, 0.2) is 17.5 Å². The molecular formula is C47H29N3O. The standard InChI is InChI=1S/C47H29N3O/c1-3-9-33(10-4-1)45-48-46(34-11-5-2-6-12-34)50-47(49-45)39-24-23-36-27-35(21-22-37(36)28-39)30-17-19-31(20-18-30)38-25-26-42-41(29-38)40-15-7-13-32-14-8-16-43(51-42)44(32)40/h1-29H. The van der Waals surface area contributed by atoms with Crippen LogP contribution in [0.1, 0.15) is 0 Å². The van der Waals surface area contributed by atoms with Crippen LogP contribution in [0.25, 0.3) is 89.1 Å². The number of aromatic nitrogens is 3. The van der Waals surface area contributed by atoms with E-state index in [0.717, 1.165) is 50.1 Å². The maximum Gasteiger partial charge on any atom is 0.164 e. The number of nitrogens with zero attached hydrogens (tertiary/aromatic N) is 3. The molecule has 0 N–H and O–H groups in total. The number of fused-ring (bicyclic) bond motifs is 3. The molecule has 1 aromatic heterocycles. The summed E-state index contributed by atoms with van der Waals surface area (Å²) in [6.07, 6.45) is 0. The summed E-state index contributed by atoms with van der Waals surface area (Å²) in [5, 5.41) is 4.65. The molecule has 51 heavy (non-hydrogen) atoms. The summed E-state index contributed by atoms with van der Waals surface area (Å²) < 4.78 is 6.32. The van der Waals surface area contributed by atoms with Gasteiger partial charge in [-0.3, -0.25) is 0 Å². The second-order valence-corrected chi connectivity index (χ2v) is 12.9. The highest BCUT2D eigenvalue weighted by atomic mass is 16.5. The quantitative estimate of drug-likeness (QED) is 0.186. The lowest BCUT2D eigenvalue weighted by Crippen LogP contribution is -2.00. The summed E-state index contributed by atoms with van der Waals surface area (Å²) in [4.78, 5) is 14.7. The van der Waals surface area contributed by atoms with Crippen LogP contribution in [0.4, 0.5) is 0 Å². The number of rotatable bonds is 5. The van der Waals surface area contributed by atoms with E-state index in [-0.39, 0.29) is 0 Å². The van der Waals surface area contributed by atoms with Crippen LogP contribution in [0, 0.1) is 0 Å². The van der Waals surface area contributed by atoms with E-state index in [1.165, 1.54) is 33.0 Å². The van der Waals surface area contributed by atoms with Crippen molar-refractivity contribution in [2.45, 2.75) is 0 Å². The summed E-state index contributed by atoms with van der Waals surface area (Å²) in [6, 6.07) is 61.2. The van der Waals surface area contributed by atoms with Gasteiger partial charge in [-0.05, 0) is 74.3 Å². The van der Waals surface area contributed by atoms with E-state index < -0.39 is 0 Å². The van der Waals surface area contributed by atoms with E-state index >= 15 is 0 Å². The Bertz CT molecular complexity index is 2700. The molecule has 0 atom stereocenters. The van der Waals surface area contributed by atoms with Crippen LogP contribution in [0.3, 0.4) is 0 Å². The maximum absolute atomic E-state index is 6.32. The third-order valence-electron chi connectivity index (χ3n) is 9.71. The van der Waals surface area contributed by atoms with E-state index in [4.69, 9.17) is 19.7 Å². The fourth-order valence-corrected chi connectivity index (χ4v) is 7.10. The van der Waals surface area contributed by atoms with Gasteiger partial charge >= 0.3 is 0 Å². The van der Waals surface area contributed by atoms with E-state index in [0.29, 0.717) is 17.5 Å². The van der Waals surface area contributed by atoms with Crippen molar-refractivity contribution in [1.82, 2.24) is 15.0 Å². The summed E-state index contributed by atoms with van der Waals surface area (Å²) >= 11 is 0. The third-order valence-corrected chi connectivity index (χ3v) is 9.71. The lowest BCUT2D eigenvalue weighted by Gasteiger charge is -2.22. The summed E-state index contributed by atoms with van der Waals surface area (Å²) in [6.45, 7) is 0. The molecular weight excluding hydrogens is 623 g/mol. The molecule has 2 heterocycles. The predicted molar refractivity (Wildman–Crippen MR) is 208 cm³/mol. The van der Waals surface area contributed by atoms with Gasteiger partial charge < -0.3 is 4.74 Å². The molecule has 10 rings (SSSR count). The van der Waals surface area contributed by atoms with Gasteiger partial charge in [0.1, 0.15) is 11.5 Å². The Morgan fingerprint density at radius 2 is 0.804 bits per heavy atom. The molecule has 0 bridgehead atoms. The maximum atomic E-state index is 6.32. The summed E-state index contributed by atoms with van der Waals surface area (Å²) in [7, 11) is 0. The predicted octanol–water partition coefficient (Wildman–Crippen LogP) is 12.3. The molecule has 0 amide bonds. The molecule has 0 unspecified atom stereocenters. The van der Waals surface area contributed by atoms with Gasteiger partial charge in [0.05, 0.1) is 0 Å². The first-order valence-corrected chi connectivity index (χ1v) is 17.1. The average molecular weight is 652 g/mol. The largest absolute Gasteiger partial charge is 0.456 e. The SMILES string of the molecule is c1ccc(-c2nc(-c3ccccc3)nc(-c3ccc4cc(-c5ccc(-c6ccc7c(c6)-c6cccc8cccc(c68)O7)cc5)ccc4c3)n2)cc1. The third kappa shape index (κ3) is 5.22. The van der Waals surface area contributed by atoms with Crippen molar-refractivity contribution >= 4 is 21.5 Å². The number of hydrogen-bond acceptors (Lipinski definition) is 4. The van der Waals surface area contributed by atoms with Crippen molar-refractivity contribution in [3.05, 3.63) is 176 Å². The molecule has 0 spiro atoms. The minimum absolute atomic E-state index is 0.652. The number of ether oxygens (including phenoxy) is 1. The average Bonchev–Trinajstić information content (AvgIpc) is 3.21. The lowest BCUT2D eigenvalue weighted by molar-refractivity contribution is 0.487. The van der Waals surface area contributed by atoms with Crippen molar-refractivity contribution in [2.24, 2.45) is 0 Å². The Morgan fingerprint density at radius 3 is 1.45 bits per heavy atom. The summed E-state index contributed by atoms with van der Waals surface area (Å²) in [5.41, 5.74) is 9.87. The van der Waals surface area contributed by atoms with Gasteiger partial charge in [-0.15, -0.1) is 0 Å². The van der Waals surface area contributed by atoms with E-state index in [2.05, 4.69) is 109 Å². The van der Waals surface area contributed by atoms with Crippen LogP contribution in [0.2, 0.25) is 0 Å². The van der Waals surface area contributed by atoms with Gasteiger partial charge in [0, 0.05) is 27.6 Å². The van der Waals surface area contributed by atoms with Gasteiger partial charge in [-0.1, -0.05) is 146 Å². The Balaban J connectivity index is 0.961. The van der Waals surface area contributed by atoms with Gasteiger partial charge in [-0.25, -0.2) is 15.0 Å². The molecule has 1 aliphatic heterocycles. The highest BCUT2D eigenvalue weighted by Gasteiger charge is 2.20. The molecule has 8 aromatic carbocycles. The van der Waals surface area contributed by atoms with Gasteiger partial charge in [-0.2, -0.15) is 0 Å². The number of benzene rings is 8. The highest BCUT2D eigenvalue weighted by Crippen LogP contribution is 2.47. The second-order valence-electron chi connectivity index (χ2n) is 12.9. The molecule has 0 saturated heterocycles. The highest BCUT2D eigenvalue weighted by molar-refractivity contribution is 6.04. The zero-order chi connectivity index (χ0) is 33.7. The minimum Gasteiger partial charge on any atom is -0.456 e. The number of hydrogen-bond donors (Lipinski definition) is 0. The van der Waals surface area contributed by atoms with Crippen LogP contribution in [0.5, 0.6) is 11.5 Å². The van der Waals surface area contributed by atoms with Crippen LogP contribution in [-0.4, -0.2) is 15.0 Å². The molecule has 0 saturated carbocycles. The topological polar surface area (TPSA) is 47.9 Å². The zero-order valence-corrected chi connectivity index (χ0v) is 27.5. The van der Waals surface area contributed by atoms with Crippen LogP contribution in [0.15, 0.2) is 176 Å². The monoisotopic (exact) mass is 651 g/mol. The molecule has 0 radical (unpaired) electrons. The molecule has 238 valence electrons. The minimum atomic E-state index is 0.652. The second kappa shape index (κ2) is 11.9. The first kappa shape index (κ1) is 29.0. The van der Waals surface area contributed by atoms with E-state index in [1.54, 1.807) is 0 Å². The Kier molecular flexibility index (Phi) is 6.78. The smallest absolute Gasteiger partial charge is 0.164 e. The normalized spacial score (nSPS) is 11.7. The van der Waals surface area contributed by atoms with Crippen molar-refractivity contribution in [1.29, 1.82) is 0 Å². The van der Waals surface area contributed by atoms with Crippen molar-refractivity contribution < 1.29 is 4.74 Å². The zero-order valence-electron chi connectivity index (χ0n) is 27.5. The molecule has 0 aliphatic carbocycles. The first-order valence-electron chi connectivity index (χ1n) is 17.1. The van der Waals surface area contributed by atoms with Crippen molar-refractivity contribution in [3.63, 3.8) is 0 Å². The van der Waals surface area contributed by atoms with E-state index in [9.17, 15) is 0 Å². The molecule has 4 nitrogen and oxygen atoms in total. The molecule has 4 heteroatoms. The van der Waals surface area contributed by atoms with Crippen molar-refractivity contribution in [2.75, 3.05) is 0 Å². The van der Waals surface area contributed by atoms with Crippen LogP contribution in [-0.2, 0) is 0 Å². The van der Waals surface area contributed by atoms with Crippen molar-refractivity contribution in [3.8, 4) is 79.0 Å². The first-order chi connectivity index (χ1) is 25.2. The Labute approximate surface area is 295 Å². The molecule has 9 aromatic rings. The van der Waals surface area contributed by atoms with Crippen LogP contribution < -0.4 is 4.74 Å². The fourth-order valence-electron chi connectivity index (χ4n) is 7.10. The Morgan fingerprint density at radius 1 is 0.294 bits per heavy atom. The van der Waals surface area contributed by atoms with Gasteiger partial charge in [0.25, 0.3) is 0 Å². The molecule has 0 fully saturated rings.